The molecule has 1 amide bonds. The van der Waals surface area contributed by atoms with Gasteiger partial charge in [-0.05, 0) is 106 Å². The number of aryl methyl sites for hydroxylation is 1. The minimum atomic E-state index is -1.00. The minimum Gasteiger partial charge on any atom is -0.497 e. The Morgan fingerprint density at radius 3 is 2.31 bits per heavy atom. The lowest BCUT2D eigenvalue weighted by molar-refractivity contribution is -0.122. The number of amidine groups is 1. The van der Waals surface area contributed by atoms with E-state index in [1.807, 2.05) is 67.6 Å². The Morgan fingerprint density at radius 1 is 0.976 bits per heavy atom. The predicted octanol–water partition coefficient (Wildman–Crippen LogP) is 7.85. The Kier molecular flexibility index (Phi) is 9.09. The summed E-state index contributed by atoms with van der Waals surface area (Å²) in [6.07, 6.45) is 1.83. The van der Waals surface area contributed by atoms with Gasteiger partial charge in [0.25, 0.3) is 5.91 Å². The van der Waals surface area contributed by atoms with Crippen LogP contribution in [0, 0.1) is 6.92 Å². The van der Waals surface area contributed by atoms with Crippen LogP contribution >= 0.6 is 27.7 Å². The number of carbonyl (C=O) groups is 2. The van der Waals surface area contributed by atoms with Crippen LogP contribution in [0.15, 0.2) is 105 Å². The van der Waals surface area contributed by atoms with Gasteiger partial charge in [0.2, 0.25) is 0 Å². The average molecular weight is 644 g/mol. The molecule has 1 heterocycles. The Bertz CT molecular complexity index is 1670. The van der Waals surface area contributed by atoms with Crippen molar-refractivity contribution in [3.63, 3.8) is 0 Å². The van der Waals surface area contributed by atoms with E-state index in [1.165, 1.54) is 29.5 Å². The third kappa shape index (κ3) is 7.10. The fraction of sp³-hybridized carbons (Fsp3) is 0.121. The zero-order valence-corrected chi connectivity index (χ0v) is 25.3. The fourth-order valence-corrected chi connectivity index (χ4v) is 5.66. The zero-order valence-electron chi connectivity index (χ0n) is 22.9. The van der Waals surface area contributed by atoms with Crippen LogP contribution in [-0.4, -0.2) is 34.2 Å². The van der Waals surface area contributed by atoms with Gasteiger partial charge in [-0.1, -0.05) is 48.0 Å². The van der Waals surface area contributed by atoms with Crippen LogP contribution in [0.25, 0.3) is 6.08 Å². The van der Waals surface area contributed by atoms with E-state index in [0.717, 1.165) is 21.2 Å². The molecular weight excluding hydrogens is 616 g/mol. The van der Waals surface area contributed by atoms with Crippen molar-refractivity contribution in [3.05, 3.63) is 128 Å². The van der Waals surface area contributed by atoms with E-state index in [4.69, 9.17) is 14.5 Å². The molecule has 1 aliphatic rings. The quantitative estimate of drug-likeness (QED) is 0.187. The number of amides is 1. The number of aromatic carboxylic acids is 1. The number of carboxylic acid groups (broad SMARTS) is 1. The van der Waals surface area contributed by atoms with Crippen molar-refractivity contribution in [2.24, 2.45) is 4.99 Å². The first-order valence-electron chi connectivity index (χ1n) is 13.0. The topological polar surface area (TPSA) is 88.4 Å². The van der Waals surface area contributed by atoms with Crippen LogP contribution in [0.2, 0.25) is 0 Å². The molecule has 0 spiro atoms. The molecule has 0 unspecified atom stereocenters. The number of carboxylic acids is 1. The summed E-state index contributed by atoms with van der Waals surface area (Å²) < 4.78 is 12.0. The summed E-state index contributed by atoms with van der Waals surface area (Å²) in [4.78, 5) is 31.8. The van der Waals surface area contributed by atoms with Gasteiger partial charge in [0.15, 0.2) is 5.17 Å². The molecule has 1 aliphatic heterocycles. The highest BCUT2D eigenvalue weighted by Gasteiger charge is 2.33. The van der Waals surface area contributed by atoms with Crippen LogP contribution < -0.4 is 9.47 Å². The van der Waals surface area contributed by atoms with Gasteiger partial charge in [0.1, 0.15) is 18.1 Å². The molecule has 5 rings (SSSR count). The molecule has 1 fully saturated rings. The first-order chi connectivity index (χ1) is 20.3. The molecule has 4 aromatic carbocycles. The Balaban J connectivity index is 1.39. The van der Waals surface area contributed by atoms with E-state index < -0.39 is 5.97 Å². The predicted molar refractivity (Wildman–Crippen MR) is 169 cm³/mol. The number of ether oxygens (including phenoxy) is 2. The van der Waals surface area contributed by atoms with E-state index in [9.17, 15) is 14.7 Å². The smallest absolute Gasteiger partial charge is 0.335 e. The lowest BCUT2D eigenvalue weighted by atomic mass is 10.1. The van der Waals surface area contributed by atoms with Crippen LogP contribution in [0.5, 0.6) is 11.5 Å². The monoisotopic (exact) mass is 642 g/mol. The second kappa shape index (κ2) is 13.1. The van der Waals surface area contributed by atoms with Crippen molar-refractivity contribution in [1.82, 2.24) is 4.90 Å². The number of benzene rings is 4. The van der Waals surface area contributed by atoms with Gasteiger partial charge < -0.3 is 14.6 Å². The molecule has 0 bridgehead atoms. The SMILES string of the molecule is COc1ccc(N=C2S/C(=C\c3ccc(OCc4ccc(C)cc4)c(Br)c3)C(=O)N2Cc2ccc(C(=O)O)cc2)cc1. The summed E-state index contributed by atoms with van der Waals surface area (Å²) >= 11 is 4.89. The van der Waals surface area contributed by atoms with Crippen LogP contribution in [0.3, 0.4) is 0 Å². The number of halogens is 1. The third-order valence-corrected chi connectivity index (χ3v) is 8.12. The number of nitrogens with zero attached hydrogens (tertiary/aromatic N) is 2. The summed E-state index contributed by atoms with van der Waals surface area (Å²) in [7, 11) is 1.60. The van der Waals surface area contributed by atoms with Crippen molar-refractivity contribution in [2.45, 2.75) is 20.1 Å². The van der Waals surface area contributed by atoms with Gasteiger partial charge in [0.05, 0.1) is 34.3 Å². The molecule has 0 radical (unpaired) electrons. The molecule has 0 saturated carbocycles. The number of hydrogen-bond acceptors (Lipinski definition) is 6. The summed E-state index contributed by atoms with van der Waals surface area (Å²) in [5, 5.41) is 9.76. The average Bonchev–Trinajstić information content (AvgIpc) is 3.27. The number of thioether (sulfide) groups is 1. The van der Waals surface area contributed by atoms with Gasteiger partial charge in [-0.3, -0.25) is 9.69 Å². The Morgan fingerprint density at radius 2 is 1.67 bits per heavy atom. The van der Waals surface area contributed by atoms with E-state index >= 15 is 0 Å². The van der Waals surface area contributed by atoms with E-state index in [1.54, 1.807) is 24.1 Å². The highest BCUT2D eigenvalue weighted by Crippen LogP contribution is 2.36. The van der Waals surface area contributed by atoms with Crippen molar-refractivity contribution in [3.8, 4) is 11.5 Å². The second-order valence-corrected chi connectivity index (χ2v) is 11.4. The number of rotatable bonds is 9. The van der Waals surface area contributed by atoms with E-state index in [2.05, 4.69) is 28.1 Å². The summed E-state index contributed by atoms with van der Waals surface area (Å²) in [5.74, 6) is 0.225. The van der Waals surface area contributed by atoms with Gasteiger partial charge in [0, 0.05) is 0 Å². The van der Waals surface area contributed by atoms with Crippen molar-refractivity contribution >= 4 is 56.5 Å². The molecular formula is C33H27BrN2O5S. The standard InChI is InChI=1S/C33H27BrN2O5S/c1-21-3-5-23(6-4-21)20-41-29-16-9-24(17-28(29)34)18-30-31(37)36(19-22-7-10-25(11-8-22)32(38)39)33(42-30)35-26-12-14-27(40-2)15-13-26/h3-18H,19-20H2,1-2H3,(H,38,39)/b30-18-,35-33?. The first kappa shape index (κ1) is 29.2. The molecule has 1 N–H and O–H groups in total. The molecule has 212 valence electrons. The lowest BCUT2D eigenvalue weighted by Crippen LogP contribution is -2.28. The van der Waals surface area contributed by atoms with E-state index in [-0.39, 0.29) is 18.0 Å². The maximum atomic E-state index is 13.6. The third-order valence-electron chi connectivity index (χ3n) is 6.50. The van der Waals surface area contributed by atoms with Crippen LogP contribution in [0.1, 0.15) is 32.6 Å². The first-order valence-corrected chi connectivity index (χ1v) is 14.6. The molecule has 7 nitrogen and oxygen atoms in total. The fourth-order valence-electron chi connectivity index (χ4n) is 4.15. The van der Waals surface area contributed by atoms with Crippen LogP contribution in [0.4, 0.5) is 5.69 Å². The summed E-state index contributed by atoms with van der Waals surface area (Å²) in [5.41, 5.74) is 4.76. The highest BCUT2D eigenvalue weighted by atomic mass is 79.9. The molecule has 0 aromatic heterocycles. The van der Waals surface area contributed by atoms with Gasteiger partial charge in [-0.25, -0.2) is 9.79 Å². The number of methoxy groups -OCH3 is 1. The Hall–Kier alpha value is -4.34. The molecule has 9 heteroatoms. The maximum absolute atomic E-state index is 13.6. The highest BCUT2D eigenvalue weighted by molar-refractivity contribution is 9.10. The summed E-state index contributed by atoms with van der Waals surface area (Å²) in [6.45, 7) is 2.74. The molecule has 1 saturated heterocycles. The van der Waals surface area contributed by atoms with Crippen molar-refractivity contribution in [1.29, 1.82) is 0 Å². The van der Waals surface area contributed by atoms with Gasteiger partial charge >= 0.3 is 5.97 Å². The minimum absolute atomic E-state index is 0.186. The van der Waals surface area contributed by atoms with Gasteiger partial charge in [-0.15, -0.1) is 0 Å². The molecule has 42 heavy (non-hydrogen) atoms. The second-order valence-electron chi connectivity index (χ2n) is 9.56. The van der Waals surface area contributed by atoms with Crippen molar-refractivity contribution < 1.29 is 24.2 Å². The molecule has 4 aromatic rings. The van der Waals surface area contributed by atoms with Gasteiger partial charge in [-0.2, -0.15) is 0 Å². The number of aliphatic imine (C=N–C) groups is 1. The maximum Gasteiger partial charge on any atom is 0.335 e. The summed E-state index contributed by atoms with van der Waals surface area (Å²) in [6, 6.07) is 27.6. The van der Waals surface area contributed by atoms with E-state index in [0.29, 0.717) is 33.9 Å². The lowest BCUT2D eigenvalue weighted by Gasteiger charge is -2.16. The Labute approximate surface area is 256 Å². The number of carbonyl (C=O) groups excluding carboxylic acids is 1. The van der Waals surface area contributed by atoms with Crippen molar-refractivity contribution in [2.75, 3.05) is 7.11 Å². The normalized spacial score (nSPS) is 14.9. The van der Waals surface area contributed by atoms with Crippen LogP contribution in [-0.2, 0) is 17.9 Å². The largest absolute Gasteiger partial charge is 0.497 e. The zero-order chi connectivity index (χ0) is 29.6. The number of hydrogen-bond donors (Lipinski definition) is 1. The molecule has 0 atom stereocenters. The molecule has 0 aliphatic carbocycles.